The fourth-order valence-corrected chi connectivity index (χ4v) is 5.67. The third kappa shape index (κ3) is 1.80. The van der Waals surface area contributed by atoms with Gasteiger partial charge in [0.05, 0.1) is 25.2 Å². The van der Waals surface area contributed by atoms with Crippen LogP contribution in [0.5, 0.6) is 11.5 Å². The summed E-state index contributed by atoms with van der Waals surface area (Å²) in [5.41, 5.74) is -0.354. The van der Waals surface area contributed by atoms with E-state index in [1.54, 1.807) is 7.11 Å². The number of methoxy groups -OCH3 is 1. The average Bonchev–Trinajstić information content (AvgIpc) is 3.01. The smallest absolute Gasteiger partial charge is 0.200 e. The molecule has 0 saturated carbocycles. The Hall–Kier alpha value is -2.09. The van der Waals surface area contributed by atoms with Gasteiger partial charge in [-0.3, -0.25) is 9.69 Å². The van der Waals surface area contributed by atoms with Crippen LogP contribution in [0.15, 0.2) is 24.0 Å². The summed E-state index contributed by atoms with van der Waals surface area (Å²) in [5, 5.41) is 21.4. The Morgan fingerprint density at radius 2 is 2.22 bits per heavy atom. The first-order valence-electron chi connectivity index (χ1n) is 9.28. The molecule has 7 nitrogen and oxygen atoms in total. The van der Waals surface area contributed by atoms with E-state index in [9.17, 15) is 15.0 Å². The minimum atomic E-state index is -1.40. The molecule has 2 N–H and O–H groups in total. The lowest BCUT2D eigenvalue weighted by atomic mass is 9.50. The Morgan fingerprint density at radius 3 is 2.96 bits per heavy atom. The monoisotopic (exact) mass is 373 g/mol. The molecule has 1 spiro atoms. The van der Waals surface area contributed by atoms with Gasteiger partial charge in [0.15, 0.2) is 23.2 Å². The lowest BCUT2D eigenvalue weighted by Gasteiger charge is -2.61. The van der Waals surface area contributed by atoms with E-state index in [2.05, 4.69) is 4.90 Å². The van der Waals surface area contributed by atoms with Crippen LogP contribution in [0.3, 0.4) is 0 Å². The Morgan fingerprint density at radius 1 is 1.41 bits per heavy atom. The molecular weight excluding hydrogens is 350 g/mol. The number of carbonyl (C=O) groups is 1. The van der Waals surface area contributed by atoms with E-state index in [1.165, 1.54) is 6.08 Å². The molecule has 2 aliphatic heterocycles. The summed E-state index contributed by atoms with van der Waals surface area (Å²) < 4.78 is 17.4. The van der Waals surface area contributed by atoms with Crippen molar-refractivity contribution in [1.29, 1.82) is 0 Å². The normalized spacial score (nSPS) is 36.0. The molecule has 144 valence electrons. The second-order valence-corrected chi connectivity index (χ2v) is 7.80. The summed E-state index contributed by atoms with van der Waals surface area (Å²) in [6.45, 7) is 0.575. The molecule has 1 fully saturated rings. The van der Waals surface area contributed by atoms with Crippen molar-refractivity contribution in [3.63, 3.8) is 0 Å². The SMILES string of the molecule is COc1ccc2c3c1O[C@H]1C(=O)C=C(OCCO)[C@@]4(O)[C@@H](C2)N(C)CC[C@]314. The summed E-state index contributed by atoms with van der Waals surface area (Å²) in [7, 11) is 3.55. The highest BCUT2D eigenvalue weighted by atomic mass is 16.5. The van der Waals surface area contributed by atoms with Crippen LogP contribution in [-0.4, -0.2) is 72.6 Å². The van der Waals surface area contributed by atoms with Crippen molar-refractivity contribution < 1.29 is 29.2 Å². The molecule has 1 saturated heterocycles. The average molecular weight is 373 g/mol. The number of aliphatic hydroxyl groups is 2. The maximum Gasteiger partial charge on any atom is 0.200 e. The van der Waals surface area contributed by atoms with Gasteiger partial charge in [-0.1, -0.05) is 6.07 Å². The van der Waals surface area contributed by atoms with Gasteiger partial charge in [0, 0.05) is 11.6 Å². The molecule has 0 radical (unpaired) electrons. The van der Waals surface area contributed by atoms with Crippen LogP contribution >= 0.6 is 0 Å². The van der Waals surface area contributed by atoms with Gasteiger partial charge in [0.2, 0.25) is 5.78 Å². The van der Waals surface area contributed by atoms with Crippen molar-refractivity contribution >= 4 is 5.78 Å². The van der Waals surface area contributed by atoms with Gasteiger partial charge in [0.25, 0.3) is 0 Å². The third-order valence-electron chi connectivity index (χ3n) is 6.78. The predicted molar refractivity (Wildman–Crippen MR) is 94.9 cm³/mol. The van der Waals surface area contributed by atoms with Crippen molar-refractivity contribution in [3.05, 3.63) is 35.1 Å². The summed E-state index contributed by atoms with van der Waals surface area (Å²) in [4.78, 5) is 15.1. The van der Waals surface area contributed by atoms with E-state index in [1.807, 2.05) is 19.2 Å². The molecule has 5 rings (SSSR count). The topological polar surface area (TPSA) is 88.5 Å². The zero-order chi connectivity index (χ0) is 19.0. The highest BCUT2D eigenvalue weighted by Crippen LogP contribution is 2.65. The number of carbonyl (C=O) groups excluding carboxylic acids is 1. The standard InChI is InChI=1S/C20H23NO6/c1-21-6-5-19-16-11-3-4-13(25-2)17(16)27-18(19)12(23)10-15(26-8-7-22)20(19,24)14(21)9-11/h3-4,10,14,18,22,24H,5-9H2,1-2H3/t14-,18+,19+,20+/m1/s1. The number of likely N-dealkylation sites (tertiary alicyclic amines) is 1. The molecule has 4 aliphatic rings. The minimum Gasteiger partial charge on any atom is -0.493 e. The van der Waals surface area contributed by atoms with Gasteiger partial charge < -0.3 is 24.4 Å². The van der Waals surface area contributed by atoms with E-state index < -0.39 is 17.1 Å². The number of piperidine rings is 1. The van der Waals surface area contributed by atoms with Crippen LogP contribution in [0.25, 0.3) is 0 Å². The summed E-state index contributed by atoms with van der Waals surface area (Å²) in [5.74, 6) is 1.15. The van der Waals surface area contributed by atoms with Crippen LogP contribution in [0.4, 0.5) is 0 Å². The first-order chi connectivity index (χ1) is 13.0. The lowest BCUT2D eigenvalue weighted by molar-refractivity contribution is -0.172. The van der Waals surface area contributed by atoms with Crippen molar-refractivity contribution in [2.75, 3.05) is 33.9 Å². The molecule has 1 aromatic rings. The molecule has 0 unspecified atom stereocenters. The Bertz CT molecular complexity index is 866. The van der Waals surface area contributed by atoms with Crippen molar-refractivity contribution in [1.82, 2.24) is 4.90 Å². The van der Waals surface area contributed by atoms with Crippen molar-refractivity contribution in [2.45, 2.75) is 36.0 Å². The van der Waals surface area contributed by atoms with Gasteiger partial charge in [-0.15, -0.1) is 0 Å². The number of likely N-dealkylation sites (N-methyl/N-ethyl adjacent to an activating group) is 1. The van der Waals surface area contributed by atoms with E-state index in [0.29, 0.717) is 24.3 Å². The fraction of sp³-hybridized carbons (Fsp3) is 0.550. The van der Waals surface area contributed by atoms with Gasteiger partial charge in [-0.25, -0.2) is 0 Å². The second kappa shape index (κ2) is 5.47. The van der Waals surface area contributed by atoms with Crippen LogP contribution in [-0.2, 0) is 21.4 Å². The molecule has 2 bridgehead atoms. The lowest BCUT2D eigenvalue weighted by Crippen LogP contribution is -2.76. The third-order valence-corrected chi connectivity index (χ3v) is 6.78. The van der Waals surface area contributed by atoms with Crippen LogP contribution < -0.4 is 9.47 Å². The van der Waals surface area contributed by atoms with Gasteiger partial charge in [0.1, 0.15) is 12.4 Å². The largest absolute Gasteiger partial charge is 0.493 e. The number of ketones is 1. The van der Waals surface area contributed by atoms with E-state index in [4.69, 9.17) is 14.2 Å². The summed E-state index contributed by atoms with van der Waals surface area (Å²) >= 11 is 0. The quantitative estimate of drug-likeness (QED) is 0.777. The van der Waals surface area contributed by atoms with E-state index >= 15 is 0 Å². The maximum absolute atomic E-state index is 13.0. The highest BCUT2D eigenvalue weighted by molar-refractivity contribution is 5.99. The Kier molecular flexibility index (Phi) is 3.45. The van der Waals surface area contributed by atoms with Crippen molar-refractivity contribution in [2.24, 2.45) is 0 Å². The number of aliphatic hydroxyl groups excluding tert-OH is 1. The zero-order valence-corrected chi connectivity index (χ0v) is 15.4. The molecule has 0 aromatic heterocycles. The van der Waals surface area contributed by atoms with E-state index in [0.717, 1.165) is 17.7 Å². The Labute approximate surface area is 157 Å². The Balaban J connectivity index is 1.81. The van der Waals surface area contributed by atoms with Crippen molar-refractivity contribution in [3.8, 4) is 11.5 Å². The fourth-order valence-electron chi connectivity index (χ4n) is 5.67. The van der Waals surface area contributed by atoms with Gasteiger partial charge in [-0.2, -0.15) is 0 Å². The summed E-state index contributed by atoms with van der Waals surface area (Å²) in [6.07, 6.45) is 1.74. The molecule has 2 heterocycles. The van der Waals surface area contributed by atoms with E-state index in [-0.39, 0.29) is 30.8 Å². The summed E-state index contributed by atoms with van der Waals surface area (Å²) in [6, 6.07) is 3.62. The molecular formula is C20H23NO6. The number of benzene rings is 1. The minimum absolute atomic E-state index is 0.0251. The second-order valence-electron chi connectivity index (χ2n) is 7.80. The molecule has 1 aromatic carbocycles. The first kappa shape index (κ1) is 17.0. The van der Waals surface area contributed by atoms with Crippen LogP contribution in [0.2, 0.25) is 0 Å². The van der Waals surface area contributed by atoms with Gasteiger partial charge in [-0.05, 0) is 38.1 Å². The number of rotatable bonds is 4. The molecule has 4 atom stereocenters. The highest BCUT2D eigenvalue weighted by Gasteiger charge is 2.74. The first-order valence-corrected chi connectivity index (χ1v) is 9.28. The number of hydrogen-bond donors (Lipinski definition) is 2. The number of ether oxygens (including phenoxy) is 3. The molecule has 2 aliphatic carbocycles. The van der Waals surface area contributed by atoms with Crippen LogP contribution in [0.1, 0.15) is 17.5 Å². The zero-order valence-electron chi connectivity index (χ0n) is 15.4. The van der Waals surface area contributed by atoms with Crippen LogP contribution in [0, 0.1) is 0 Å². The van der Waals surface area contributed by atoms with Gasteiger partial charge >= 0.3 is 0 Å². The maximum atomic E-state index is 13.0. The number of hydrogen-bond acceptors (Lipinski definition) is 7. The molecule has 0 amide bonds. The predicted octanol–water partition coefficient (Wildman–Crippen LogP) is 0.161. The molecule has 7 heteroatoms. The number of nitrogens with zero attached hydrogens (tertiary/aromatic N) is 1. The molecule has 27 heavy (non-hydrogen) atoms.